The molecule has 0 bridgehead atoms. The van der Waals surface area contributed by atoms with Gasteiger partial charge in [-0.05, 0) is 25.3 Å². The van der Waals surface area contributed by atoms with E-state index in [0.717, 1.165) is 32.4 Å². The first-order valence-electron chi connectivity index (χ1n) is 7.24. The minimum atomic E-state index is -2.91. The monoisotopic (exact) mass is 286 g/mol. The summed E-state index contributed by atoms with van der Waals surface area (Å²) in [6.45, 7) is 2.49. The average molecular weight is 286 g/mol. The lowest BCUT2D eigenvalue weighted by molar-refractivity contribution is -0.145. The number of rotatable bonds is 1. The minimum Gasteiger partial charge on any atom is -0.340 e. The maximum absolute atomic E-state index is 12.9. The van der Waals surface area contributed by atoms with Crippen molar-refractivity contribution >= 4 is 15.7 Å². The second-order valence-electron chi connectivity index (χ2n) is 6.17. The van der Waals surface area contributed by atoms with Crippen molar-refractivity contribution in [2.24, 2.45) is 11.3 Å². The number of nitrogens with zero attached hydrogens (tertiary/aromatic N) is 1. The van der Waals surface area contributed by atoms with Crippen LogP contribution in [0.25, 0.3) is 0 Å². The van der Waals surface area contributed by atoms with Crippen LogP contribution in [0.4, 0.5) is 0 Å². The van der Waals surface area contributed by atoms with Gasteiger partial charge in [0.15, 0.2) is 9.84 Å². The number of carbonyl (C=O) groups excluding carboxylic acids is 1. The van der Waals surface area contributed by atoms with Crippen LogP contribution in [0.5, 0.6) is 0 Å². The SMILES string of the molecule is O=C(N1CCS(=O)(=O)CC1)[C@@]12CCCC[C@H]1CNC2. The molecule has 3 fully saturated rings. The van der Waals surface area contributed by atoms with Gasteiger partial charge in [0.05, 0.1) is 16.9 Å². The van der Waals surface area contributed by atoms with E-state index in [0.29, 0.717) is 19.0 Å². The molecule has 2 atom stereocenters. The summed E-state index contributed by atoms with van der Waals surface area (Å²) in [5, 5.41) is 3.38. The number of hydrogen-bond acceptors (Lipinski definition) is 4. The van der Waals surface area contributed by atoms with Crippen LogP contribution in [-0.4, -0.2) is 56.9 Å². The predicted octanol–water partition coefficient (Wildman–Crippen LogP) is 0.0232. The first-order valence-corrected chi connectivity index (χ1v) is 9.06. The Morgan fingerprint density at radius 1 is 1.21 bits per heavy atom. The molecular weight excluding hydrogens is 264 g/mol. The smallest absolute Gasteiger partial charge is 0.230 e. The molecule has 1 saturated carbocycles. The zero-order valence-corrected chi connectivity index (χ0v) is 12.0. The molecule has 0 spiro atoms. The second-order valence-corrected chi connectivity index (χ2v) is 8.48. The first-order chi connectivity index (χ1) is 9.04. The fourth-order valence-corrected chi connectivity index (χ4v) is 5.10. The van der Waals surface area contributed by atoms with Crippen molar-refractivity contribution in [3.8, 4) is 0 Å². The van der Waals surface area contributed by atoms with Gasteiger partial charge in [0.1, 0.15) is 0 Å². The van der Waals surface area contributed by atoms with E-state index < -0.39 is 9.84 Å². The molecule has 6 heteroatoms. The molecule has 1 amide bonds. The molecule has 5 nitrogen and oxygen atoms in total. The fraction of sp³-hybridized carbons (Fsp3) is 0.923. The molecule has 1 aliphatic carbocycles. The summed E-state index contributed by atoms with van der Waals surface area (Å²) in [6.07, 6.45) is 4.43. The summed E-state index contributed by atoms with van der Waals surface area (Å²) in [5.74, 6) is 0.921. The van der Waals surface area contributed by atoms with Crippen LogP contribution < -0.4 is 5.32 Å². The summed E-state index contributed by atoms with van der Waals surface area (Å²) in [7, 11) is -2.91. The van der Waals surface area contributed by atoms with Gasteiger partial charge in [-0.1, -0.05) is 12.8 Å². The minimum absolute atomic E-state index is 0.132. The van der Waals surface area contributed by atoms with Gasteiger partial charge in [-0.15, -0.1) is 0 Å². The highest BCUT2D eigenvalue weighted by molar-refractivity contribution is 7.91. The molecule has 3 rings (SSSR count). The molecule has 2 heterocycles. The maximum atomic E-state index is 12.9. The van der Waals surface area contributed by atoms with E-state index in [-0.39, 0.29) is 22.8 Å². The van der Waals surface area contributed by atoms with E-state index in [1.165, 1.54) is 6.42 Å². The van der Waals surface area contributed by atoms with Crippen LogP contribution in [0.1, 0.15) is 25.7 Å². The normalized spacial score (nSPS) is 37.9. The molecule has 0 unspecified atom stereocenters. The molecule has 0 aromatic rings. The molecule has 0 aromatic carbocycles. The van der Waals surface area contributed by atoms with Crippen LogP contribution >= 0.6 is 0 Å². The first kappa shape index (κ1) is 13.4. The Balaban J connectivity index is 1.76. The van der Waals surface area contributed by atoms with Gasteiger partial charge in [0.25, 0.3) is 0 Å². The number of sulfone groups is 1. The standard InChI is InChI=1S/C13H22N2O3S/c16-12(15-5-7-19(17,18)8-6-15)13-4-2-1-3-11(13)9-14-10-13/h11,14H,1-10H2/t11-,13+/m0/s1. The van der Waals surface area contributed by atoms with Crippen molar-refractivity contribution in [3.63, 3.8) is 0 Å². The highest BCUT2D eigenvalue weighted by Gasteiger charge is 2.51. The summed E-state index contributed by atoms with van der Waals surface area (Å²) >= 11 is 0. The number of amides is 1. The van der Waals surface area contributed by atoms with Crippen molar-refractivity contribution in [2.45, 2.75) is 25.7 Å². The Morgan fingerprint density at radius 3 is 2.68 bits per heavy atom. The third kappa shape index (κ3) is 2.29. The van der Waals surface area contributed by atoms with Gasteiger partial charge in [-0.2, -0.15) is 0 Å². The number of fused-ring (bicyclic) bond motifs is 1. The van der Waals surface area contributed by atoms with Crippen LogP contribution in [0, 0.1) is 11.3 Å². The predicted molar refractivity (Wildman–Crippen MR) is 72.5 cm³/mol. The number of nitrogens with one attached hydrogen (secondary N) is 1. The Labute approximate surface area is 114 Å². The Bertz CT molecular complexity index is 462. The Kier molecular flexibility index (Phi) is 3.33. The van der Waals surface area contributed by atoms with Gasteiger partial charge in [0.2, 0.25) is 5.91 Å². The Morgan fingerprint density at radius 2 is 1.95 bits per heavy atom. The van der Waals surface area contributed by atoms with Gasteiger partial charge < -0.3 is 10.2 Å². The quantitative estimate of drug-likeness (QED) is 0.738. The van der Waals surface area contributed by atoms with E-state index in [9.17, 15) is 13.2 Å². The van der Waals surface area contributed by atoms with Crippen LogP contribution in [0.3, 0.4) is 0 Å². The van der Waals surface area contributed by atoms with Gasteiger partial charge in [-0.3, -0.25) is 4.79 Å². The second kappa shape index (κ2) is 4.74. The lowest BCUT2D eigenvalue weighted by Crippen LogP contribution is -2.53. The van der Waals surface area contributed by atoms with Crippen LogP contribution in [0.15, 0.2) is 0 Å². The topological polar surface area (TPSA) is 66.5 Å². The lowest BCUT2D eigenvalue weighted by atomic mass is 9.67. The van der Waals surface area contributed by atoms with Gasteiger partial charge >= 0.3 is 0 Å². The molecule has 1 N–H and O–H groups in total. The van der Waals surface area contributed by atoms with Crippen LogP contribution in [0.2, 0.25) is 0 Å². The third-order valence-electron chi connectivity index (χ3n) is 5.10. The fourth-order valence-electron chi connectivity index (χ4n) is 3.90. The Hall–Kier alpha value is -0.620. The molecule has 0 radical (unpaired) electrons. The summed E-state index contributed by atoms with van der Waals surface area (Å²) < 4.78 is 22.9. The molecule has 3 aliphatic rings. The lowest BCUT2D eigenvalue weighted by Gasteiger charge is -2.41. The zero-order chi connectivity index (χ0) is 13.5. The van der Waals surface area contributed by atoms with Crippen molar-refractivity contribution in [1.82, 2.24) is 10.2 Å². The third-order valence-corrected chi connectivity index (χ3v) is 6.70. The van der Waals surface area contributed by atoms with Crippen molar-refractivity contribution in [2.75, 3.05) is 37.7 Å². The highest BCUT2D eigenvalue weighted by Crippen LogP contribution is 2.45. The van der Waals surface area contributed by atoms with E-state index in [1.54, 1.807) is 4.90 Å². The molecule has 2 saturated heterocycles. The van der Waals surface area contributed by atoms with E-state index in [1.807, 2.05) is 0 Å². The summed E-state index contributed by atoms with van der Waals surface area (Å²) in [5.41, 5.74) is -0.237. The van der Waals surface area contributed by atoms with E-state index >= 15 is 0 Å². The summed E-state index contributed by atoms with van der Waals surface area (Å²) in [6, 6.07) is 0. The van der Waals surface area contributed by atoms with E-state index in [4.69, 9.17) is 0 Å². The van der Waals surface area contributed by atoms with E-state index in [2.05, 4.69) is 5.32 Å². The number of carbonyl (C=O) groups is 1. The summed E-state index contributed by atoms with van der Waals surface area (Å²) in [4.78, 5) is 14.7. The van der Waals surface area contributed by atoms with Gasteiger partial charge in [0, 0.05) is 19.6 Å². The van der Waals surface area contributed by atoms with Crippen molar-refractivity contribution in [3.05, 3.63) is 0 Å². The molecule has 0 aromatic heterocycles. The average Bonchev–Trinajstić information content (AvgIpc) is 2.83. The maximum Gasteiger partial charge on any atom is 0.230 e. The van der Waals surface area contributed by atoms with Crippen LogP contribution in [-0.2, 0) is 14.6 Å². The van der Waals surface area contributed by atoms with Crippen molar-refractivity contribution in [1.29, 1.82) is 0 Å². The largest absolute Gasteiger partial charge is 0.340 e. The molecule has 2 aliphatic heterocycles. The number of hydrogen-bond donors (Lipinski definition) is 1. The molecular formula is C13H22N2O3S. The molecule has 19 heavy (non-hydrogen) atoms. The molecule has 108 valence electrons. The van der Waals surface area contributed by atoms with Crippen molar-refractivity contribution < 1.29 is 13.2 Å². The zero-order valence-electron chi connectivity index (χ0n) is 11.2. The highest BCUT2D eigenvalue weighted by atomic mass is 32.2. The van der Waals surface area contributed by atoms with Gasteiger partial charge in [-0.25, -0.2) is 8.42 Å².